The quantitative estimate of drug-likeness (QED) is 0.358. The van der Waals surface area contributed by atoms with Gasteiger partial charge in [-0.1, -0.05) is 69.8 Å². The first-order valence-corrected chi connectivity index (χ1v) is 9.77. The van der Waals surface area contributed by atoms with Crippen LogP contribution in [0.15, 0.2) is 60.7 Å². The van der Waals surface area contributed by atoms with Gasteiger partial charge in [0.2, 0.25) is 0 Å². The number of rotatable bonds is 6. The summed E-state index contributed by atoms with van der Waals surface area (Å²) in [5.41, 5.74) is 1.52. The summed E-state index contributed by atoms with van der Waals surface area (Å²) in [6.07, 6.45) is -0.932. The predicted octanol–water partition coefficient (Wildman–Crippen LogP) is 5.15. The Labute approximate surface area is 171 Å². The number of ether oxygens (including phenoxy) is 2. The summed E-state index contributed by atoms with van der Waals surface area (Å²) in [4.78, 5) is 11.5. The molecule has 1 N–H and O–H groups in total. The van der Waals surface area contributed by atoms with Crippen molar-refractivity contribution >= 4 is 27.5 Å². The molecule has 4 heteroatoms. The summed E-state index contributed by atoms with van der Waals surface area (Å²) in [7, 11) is 0. The van der Waals surface area contributed by atoms with E-state index in [2.05, 4.69) is 45.5 Å². The Morgan fingerprint density at radius 3 is 2.41 bits per heavy atom. The van der Waals surface area contributed by atoms with Crippen LogP contribution in [0.4, 0.5) is 0 Å². The SMILES string of the molecule is C=C(C)C(=O)OCC(O)COc1c2ccccc2cc2c(C(C)(C)C)cccc12. The maximum atomic E-state index is 11.5. The topological polar surface area (TPSA) is 55.8 Å². The summed E-state index contributed by atoms with van der Waals surface area (Å²) in [6.45, 7) is 11.6. The summed E-state index contributed by atoms with van der Waals surface area (Å²) < 4.78 is 11.1. The number of hydrogen-bond donors (Lipinski definition) is 1. The Balaban J connectivity index is 1.97. The lowest BCUT2D eigenvalue weighted by Gasteiger charge is -2.23. The molecule has 0 saturated carbocycles. The maximum Gasteiger partial charge on any atom is 0.333 e. The number of carbonyl (C=O) groups is 1. The Morgan fingerprint density at radius 1 is 1.03 bits per heavy atom. The monoisotopic (exact) mass is 392 g/mol. The molecule has 0 aromatic heterocycles. The van der Waals surface area contributed by atoms with E-state index in [1.807, 2.05) is 30.3 Å². The van der Waals surface area contributed by atoms with Crippen LogP contribution < -0.4 is 4.74 Å². The first-order chi connectivity index (χ1) is 13.7. The summed E-state index contributed by atoms with van der Waals surface area (Å²) >= 11 is 0. The number of benzene rings is 3. The van der Waals surface area contributed by atoms with Crippen LogP contribution in [-0.2, 0) is 14.9 Å². The van der Waals surface area contributed by atoms with Gasteiger partial charge in [-0.05, 0) is 34.7 Å². The third kappa shape index (κ3) is 4.60. The zero-order chi connectivity index (χ0) is 21.2. The van der Waals surface area contributed by atoms with Gasteiger partial charge in [0.15, 0.2) is 0 Å². The van der Waals surface area contributed by atoms with Crippen LogP contribution in [0.3, 0.4) is 0 Å². The van der Waals surface area contributed by atoms with Crippen LogP contribution in [0, 0.1) is 0 Å². The minimum Gasteiger partial charge on any atom is -0.489 e. The molecular formula is C25H28O4. The lowest BCUT2D eigenvalue weighted by molar-refractivity contribution is -0.142. The second-order valence-corrected chi connectivity index (χ2v) is 8.42. The highest BCUT2D eigenvalue weighted by molar-refractivity contribution is 6.06. The lowest BCUT2D eigenvalue weighted by Crippen LogP contribution is -2.25. The molecule has 1 unspecified atom stereocenters. The van der Waals surface area contributed by atoms with Crippen LogP contribution in [0.5, 0.6) is 5.75 Å². The smallest absolute Gasteiger partial charge is 0.333 e. The van der Waals surface area contributed by atoms with Gasteiger partial charge in [0.25, 0.3) is 0 Å². The zero-order valence-electron chi connectivity index (χ0n) is 17.5. The van der Waals surface area contributed by atoms with Crippen molar-refractivity contribution in [2.45, 2.75) is 39.2 Å². The van der Waals surface area contributed by atoms with Crippen molar-refractivity contribution in [3.8, 4) is 5.75 Å². The number of hydrogen-bond acceptors (Lipinski definition) is 4. The highest BCUT2D eigenvalue weighted by Crippen LogP contribution is 2.39. The Morgan fingerprint density at radius 2 is 1.72 bits per heavy atom. The van der Waals surface area contributed by atoms with E-state index >= 15 is 0 Å². The van der Waals surface area contributed by atoms with E-state index in [1.165, 1.54) is 5.56 Å². The molecule has 0 bridgehead atoms. The van der Waals surface area contributed by atoms with Gasteiger partial charge in [-0.2, -0.15) is 0 Å². The van der Waals surface area contributed by atoms with Gasteiger partial charge in [-0.3, -0.25) is 0 Å². The van der Waals surface area contributed by atoms with E-state index in [1.54, 1.807) is 6.92 Å². The van der Waals surface area contributed by atoms with Crippen LogP contribution in [-0.4, -0.2) is 30.4 Å². The number of carbonyl (C=O) groups excluding carboxylic acids is 1. The standard InChI is InChI=1S/C25H28O4/c1-16(2)24(27)29-15-18(26)14-28-23-19-10-7-6-9-17(19)13-21-20(23)11-8-12-22(21)25(3,4)5/h6-13,18,26H,1,14-15H2,2-5H3. The molecular weight excluding hydrogens is 364 g/mol. The predicted molar refractivity (Wildman–Crippen MR) is 117 cm³/mol. The van der Waals surface area contributed by atoms with Crippen LogP contribution in [0.1, 0.15) is 33.3 Å². The van der Waals surface area contributed by atoms with Gasteiger partial charge < -0.3 is 14.6 Å². The van der Waals surface area contributed by atoms with E-state index in [0.29, 0.717) is 5.57 Å². The minimum absolute atomic E-state index is 0.0184. The van der Waals surface area contributed by atoms with Crippen molar-refractivity contribution in [1.82, 2.24) is 0 Å². The fourth-order valence-corrected chi connectivity index (χ4v) is 3.38. The molecule has 3 aromatic rings. The van der Waals surface area contributed by atoms with Crippen LogP contribution in [0.2, 0.25) is 0 Å². The molecule has 0 saturated heterocycles. The molecule has 0 radical (unpaired) electrons. The third-order valence-electron chi connectivity index (χ3n) is 4.84. The fraction of sp³-hybridized carbons (Fsp3) is 0.320. The third-order valence-corrected chi connectivity index (χ3v) is 4.84. The van der Waals surface area contributed by atoms with Gasteiger partial charge in [-0.25, -0.2) is 4.79 Å². The second kappa shape index (κ2) is 8.26. The molecule has 0 spiro atoms. The first-order valence-electron chi connectivity index (χ1n) is 9.77. The summed E-state index contributed by atoms with van der Waals surface area (Å²) in [6, 6.07) is 16.5. The average molecular weight is 392 g/mol. The molecule has 152 valence electrons. The van der Waals surface area contributed by atoms with Gasteiger partial charge in [-0.15, -0.1) is 0 Å². The Kier molecular flexibility index (Phi) is 5.94. The van der Waals surface area contributed by atoms with E-state index in [9.17, 15) is 9.90 Å². The fourth-order valence-electron chi connectivity index (χ4n) is 3.38. The number of aliphatic hydroxyl groups excluding tert-OH is 1. The number of aliphatic hydroxyl groups is 1. The summed E-state index contributed by atoms with van der Waals surface area (Å²) in [5.74, 6) is 0.212. The Hall–Kier alpha value is -2.85. The Bertz CT molecular complexity index is 1060. The highest BCUT2D eigenvalue weighted by atomic mass is 16.5. The number of fused-ring (bicyclic) bond motifs is 2. The molecule has 0 aliphatic rings. The molecule has 1 atom stereocenters. The molecule has 4 nitrogen and oxygen atoms in total. The van der Waals surface area contributed by atoms with Crippen LogP contribution in [0.25, 0.3) is 21.5 Å². The van der Waals surface area contributed by atoms with Gasteiger partial charge in [0.1, 0.15) is 25.1 Å². The molecule has 0 aliphatic carbocycles. The van der Waals surface area contributed by atoms with Crippen molar-refractivity contribution in [3.05, 3.63) is 66.2 Å². The van der Waals surface area contributed by atoms with Crippen LogP contribution >= 0.6 is 0 Å². The van der Waals surface area contributed by atoms with Gasteiger partial charge in [0.05, 0.1) is 0 Å². The normalized spacial score (nSPS) is 12.7. The zero-order valence-corrected chi connectivity index (χ0v) is 17.5. The van der Waals surface area contributed by atoms with Gasteiger partial charge in [0, 0.05) is 16.3 Å². The largest absolute Gasteiger partial charge is 0.489 e. The first kappa shape index (κ1) is 20.9. The summed E-state index contributed by atoms with van der Waals surface area (Å²) in [5, 5.41) is 14.4. The number of esters is 1. The van der Waals surface area contributed by atoms with Crippen molar-refractivity contribution in [2.24, 2.45) is 0 Å². The van der Waals surface area contributed by atoms with Crippen molar-refractivity contribution < 1.29 is 19.4 Å². The second-order valence-electron chi connectivity index (χ2n) is 8.42. The molecule has 0 amide bonds. The average Bonchev–Trinajstić information content (AvgIpc) is 2.67. The molecule has 29 heavy (non-hydrogen) atoms. The minimum atomic E-state index is -0.932. The van der Waals surface area contributed by atoms with Crippen molar-refractivity contribution in [2.75, 3.05) is 13.2 Å². The van der Waals surface area contributed by atoms with Crippen molar-refractivity contribution in [1.29, 1.82) is 0 Å². The molecule has 0 heterocycles. The molecule has 3 rings (SSSR count). The molecule has 0 aliphatic heterocycles. The van der Waals surface area contributed by atoms with E-state index in [0.717, 1.165) is 27.3 Å². The highest BCUT2D eigenvalue weighted by Gasteiger charge is 2.20. The maximum absolute atomic E-state index is 11.5. The molecule has 3 aromatic carbocycles. The van der Waals surface area contributed by atoms with Crippen molar-refractivity contribution in [3.63, 3.8) is 0 Å². The van der Waals surface area contributed by atoms with E-state index in [4.69, 9.17) is 9.47 Å². The van der Waals surface area contributed by atoms with Gasteiger partial charge >= 0.3 is 5.97 Å². The van der Waals surface area contributed by atoms with E-state index in [-0.39, 0.29) is 18.6 Å². The molecule has 0 fully saturated rings. The lowest BCUT2D eigenvalue weighted by atomic mass is 9.83. The van der Waals surface area contributed by atoms with E-state index < -0.39 is 12.1 Å².